The molecule has 2 fully saturated rings. The molecule has 3 heterocycles. The number of carbonyl (C=O) groups is 1. The first-order chi connectivity index (χ1) is 15.4. The summed E-state index contributed by atoms with van der Waals surface area (Å²) in [7, 11) is 0. The number of aliphatic hydroxyl groups is 2. The zero-order valence-electron chi connectivity index (χ0n) is 18.7. The van der Waals surface area contributed by atoms with Gasteiger partial charge in [-0.25, -0.2) is 4.98 Å². The lowest BCUT2D eigenvalue weighted by Crippen LogP contribution is -2.58. The van der Waals surface area contributed by atoms with E-state index in [1.54, 1.807) is 22.7 Å². The van der Waals surface area contributed by atoms with Crippen LogP contribution in [0.25, 0.3) is 10.6 Å². The first-order valence-electron chi connectivity index (χ1n) is 11.5. The van der Waals surface area contributed by atoms with E-state index in [4.69, 9.17) is 9.72 Å². The van der Waals surface area contributed by atoms with Gasteiger partial charge in [-0.05, 0) is 42.0 Å². The molecule has 1 saturated heterocycles. The van der Waals surface area contributed by atoms with Crippen molar-refractivity contribution >= 4 is 28.6 Å². The van der Waals surface area contributed by atoms with Crippen LogP contribution in [0, 0.1) is 16.7 Å². The van der Waals surface area contributed by atoms with Gasteiger partial charge in [0.05, 0.1) is 31.6 Å². The van der Waals surface area contributed by atoms with Crippen molar-refractivity contribution < 1.29 is 19.7 Å². The van der Waals surface area contributed by atoms with Crippen molar-refractivity contribution in [2.24, 2.45) is 16.7 Å². The summed E-state index contributed by atoms with van der Waals surface area (Å²) >= 11 is 3.38. The summed E-state index contributed by atoms with van der Waals surface area (Å²) < 4.78 is 5.44. The Kier molecular flexibility index (Phi) is 5.95. The van der Waals surface area contributed by atoms with Crippen LogP contribution in [-0.4, -0.2) is 65.0 Å². The fourth-order valence-corrected chi connectivity index (χ4v) is 8.15. The highest BCUT2D eigenvalue weighted by Gasteiger charge is 2.59. The Morgan fingerprint density at radius 3 is 2.81 bits per heavy atom. The fraction of sp³-hybridized carbons (Fsp3) is 0.667. The number of nitrogens with zero attached hydrogens (tertiary/aromatic N) is 2. The number of aliphatic hydroxyl groups excluding tert-OH is 2. The number of rotatable bonds is 4. The predicted molar refractivity (Wildman–Crippen MR) is 126 cm³/mol. The zero-order valence-corrected chi connectivity index (χ0v) is 20.4. The minimum Gasteiger partial charge on any atom is -0.396 e. The Labute approximate surface area is 197 Å². The van der Waals surface area contributed by atoms with E-state index in [2.05, 4.69) is 23.8 Å². The van der Waals surface area contributed by atoms with E-state index in [-0.39, 0.29) is 29.8 Å². The van der Waals surface area contributed by atoms with Crippen LogP contribution < -0.4 is 0 Å². The van der Waals surface area contributed by atoms with Crippen molar-refractivity contribution in [3.8, 4) is 10.6 Å². The molecule has 5 unspecified atom stereocenters. The molecule has 174 valence electrons. The van der Waals surface area contributed by atoms with Crippen molar-refractivity contribution in [3.05, 3.63) is 27.4 Å². The van der Waals surface area contributed by atoms with Crippen molar-refractivity contribution in [3.63, 3.8) is 0 Å². The van der Waals surface area contributed by atoms with Gasteiger partial charge < -0.3 is 19.8 Å². The van der Waals surface area contributed by atoms with E-state index < -0.39 is 11.5 Å². The lowest BCUT2D eigenvalue weighted by molar-refractivity contribution is -0.149. The van der Waals surface area contributed by atoms with Gasteiger partial charge in [-0.2, -0.15) is 11.3 Å². The Hall–Kier alpha value is -1.32. The van der Waals surface area contributed by atoms with E-state index in [9.17, 15) is 15.0 Å². The van der Waals surface area contributed by atoms with Gasteiger partial charge in [0, 0.05) is 46.7 Å². The number of carbonyl (C=O) groups excluding carboxylic acids is 1. The number of morpholine rings is 1. The van der Waals surface area contributed by atoms with Crippen molar-refractivity contribution in [2.75, 3.05) is 32.9 Å². The molecular formula is C24H32N2O4S2. The third-order valence-electron chi connectivity index (χ3n) is 8.40. The molecular weight excluding hydrogens is 444 g/mol. The van der Waals surface area contributed by atoms with Gasteiger partial charge in [0.25, 0.3) is 0 Å². The first-order valence-corrected chi connectivity index (χ1v) is 13.3. The van der Waals surface area contributed by atoms with Gasteiger partial charge in [0.15, 0.2) is 0 Å². The monoisotopic (exact) mass is 476 g/mol. The van der Waals surface area contributed by atoms with Gasteiger partial charge in [-0.15, -0.1) is 11.3 Å². The highest BCUT2D eigenvalue weighted by Crippen LogP contribution is 2.63. The number of aromatic nitrogens is 1. The van der Waals surface area contributed by atoms with Crippen molar-refractivity contribution in [1.82, 2.24) is 9.88 Å². The maximum absolute atomic E-state index is 13.4. The van der Waals surface area contributed by atoms with Crippen LogP contribution in [0.15, 0.2) is 16.8 Å². The quantitative estimate of drug-likeness (QED) is 0.705. The standard InChI is InChI=1S/C24H32N2O4S2/c1-23-5-3-19(28)24(2,14-27)18(23)12-17-21(25-22(32-17)15-4-10-31-13-15)16(23)11-20(29)26-6-8-30-9-7-26/h4,10,13,16,18-19,27-28H,3,5-9,11-12,14H2,1-2H3. The SMILES string of the molecule is CC1(CO)C(O)CCC2(C)C(CC(=O)N3CCOCC3)c3nc(-c4ccsc4)sc3CC12. The number of thiazole rings is 1. The third kappa shape index (κ3) is 3.55. The van der Waals surface area contributed by atoms with Crippen LogP contribution in [0.1, 0.15) is 49.6 Å². The van der Waals surface area contributed by atoms with Gasteiger partial charge in [0.2, 0.25) is 5.91 Å². The number of amides is 1. The summed E-state index contributed by atoms with van der Waals surface area (Å²) in [5.74, 6) is 0.233. The molecule has 32 heavy (non-hydrogen) atoms. The average Bonchev–Trinajstić information content (AvgIpc) is 3.48. The van der Waals surface area contributed by atoms with Crippen molar-refractivity contribution in [2.45, 2.75) is 51.6 Å². The van der Waals surface area contributed by atoms with E-state index >= 15 is 0 Å². The molecule has 0 spiro atoms. The Morgan fingerprint density at radius 2 is 2.12 bits per heavy atom. The van der Waals surface area contributed by atoms with Crippen LogP contribution in [0.5, 0.6) is 0 Å². The molecule has 1 aliphatic heterocycles. The van der Waals surface area contributed by atoms with Crippen LogP contribution in [0.3, 0.4) is 0 Å². The highest BCUT2D eigenvalue weighted by atomic mass is 32.1. The lowest BCUT2D eigenvalue weighted by Gasteiger charge is -2.58. The molecule has 2 aromatic heterocycles. The molecule has 3 aliphatic rings. The molecule has 1 amide bonds. The Balaban J connectivity index is 1.56. The number of hydrogen-bond donors (Lipinski definition) is 2. The van der Waals surface area contributed by atoms with Crippen molar-refractivity contribution in [1.29, 1.82) is 0 Å². The fourth-order valence-electron chi connectivity index (χ4n) is 6.27. The molecule has 2 aromatic rings. The minimum absolute atomic E-state index is 0.0198. The predicted octanol–water partition coefficient (Wildman–Crippen LogP) is 3.54. The number of hydrogen-bond acceptors (Lipinski definition) is 7. The van der Waals surface area contributed by atoms with Gasteiger partial charge in [-0.3, -0.25) is 4.79 Å². The summed E-state index contributed by atoms with van der Waals surface area (Å²) in [6.07, 6.45) is 2.16. The van der Waals surface area contributed by atoms with Crippen LogP contribution in [0.2, 0.25) is 0 Å². The molecule has 0 radical (unpaired) electrons. The Morgan fingerprint density at radius 1 is 1.34 bits per heavy atom. The van der Waals surface area contributed by atoms with Gasteiger partial charge in [0.1, 0.15) is 5.01 Å². The summed E-state index contributed by atoms with van der Waals surface area (Å²) in [6.45, 7) is 6.70. The second-order valence-corrected chi connectivity index (χ2v) is 11.9. The smallest absolute Gasteiger partial charge is 0.223 e. The van der Waals surface area contributed by atoms with Gasteiger partial charge in [-0.1, -0.05) is 13.8 Å². The summed E-state index contributed by atoms with van der Waals surface area (Å²) in [5, 5.41) is 26.5. The first kappa shape index (κ1) is 22.5. The molecule has 0 bridgehead atoms. The van der Waals surface area contributed by atoms with E-state index in [1.807, 2.05) is 11.8 Å². The number of thiophene rings is 1. The second-order valence-electron chi connectivity index (χ2n) is 10.1. The minimum atomic E-state index is -0.586. The summed E-state index contributed by atoms with van der Waals surface area (Å²) in [5.41, 5.74) is 1.40. The van der Waals surface area contributed by atoms with Crippen LogP contribution in [-0.2, 0) is 16.0 Å². The summed E-state index contributed by atoms with van der Waals surface area (Å²) in [6, 6.07) is 2.10. The average molecular weight is 477 g/mol. The zero-order chi connectivity index (χ0) is 22.5. The van der Waals surface area contributed by atoms with Gasteiger partial charge >= 0.3 is 0 Å². The number of fused-ring (bicyclic) bond motifs is 2. The van der Waals surface area contributed by atoms with E-state index in [0.717, 1.165) is 29.1 Å². The molecule has 2 N–H and O–H groups in total. The molecule has 5 rings (SSSR count). The molecule has 0 aromatic carbocycles. The summed E-state index contributed by atoms with van der Waals surface area (Å²) in [4.78, 5) is 21.6. The molecule has 8 heteroatoms. The maximum atomic E-state index is 13.4. The topological polar surface area (TPSA) is 82.9 Å². The molecule has 6 nitrogen and oxygen atoms in total. The Bertz CT molecular complexity index is 971. The molecule has 5 atom stereocenters. The second kappa shape index (κ2) is 8.47. The van der Waals surface area contributed by atoms with E-state index in [1.165, 1.54) is 4.88 Å². The lowest BCUT2D eigenvalue weighted by atomic mass is 9.47. The number of ether oxygens (including phenoxy) is 1. The molecule has 1 saturated carbocycles. The highest BCUT2D eigenvalue weighted by molar-refractivity contribution is 7.15. The van der Waals surface area contributed by atoms with Crippen LogP contribution >= 0.6 is 22.7 Å². The van der Waals surface area contributed by atoms with Crippen LogP contribution in [0.4, 0.5) is 0 Å². The largest absolute Gasteiger partial charge is 0.396 e. The normalized spacial score (nSPS) is 34.8. The molecule has 2 aliphatic carbocycles. The van der Waals surface area contributed by atoms with E-state index in [0.29, 0.717) is 39.1 Å². The third-order valence-corrected chi connectivity index (χ3v) is 10.2. The maximum Gasteiger partial charge on any atom is 0.223 e.